The van der Waals surface area contributed by atoms with Crippen LogP contribution in [0.25, 0.3) is 11.4 Å². The average molecular weight is 443 g/mol. The summed E-state index contributed by atoms with van der Waals surface area (Å²) in [6, 6.07) is 18.0. The van der Waals surface area contributed by atoms with Crippen LogP contribution in [0.2, 0.25) is 0 Å². The van der Waals surface area contributed by atoms with Crippen molar-refractivity contribution in [1.82, 2.24) is 10.2 Å². The zero-order valence-electron chi connectivity index (χ0n) is 19.6. The van der Waals surface area contributed by atoms with Crippen LogP contribution in [0, 0.1) is 0 Å². The molecule has 0 saturated heterocycles. The minimum Gasteiger partial charge on any atom is -0.356 e. The number of benzene rings is 2. The lowest BCUT2D eigenvalue weighted by Gasteiger charge is -2.27. The van der Waals surface area contributed by atoms with Gasteiger partial charge in [-0.3, -0.25) is 9.79 Å². The molecule has 0 fully saturated rings. The summed E-state index contributed by atoms with van der Waals surface area (Å²) in [7, 11) is 0. The van der Waals surface area contributed by atoms with Crippen LogP contribution in [0.5, 0.6) is 0 Å². The summed E-state index contributed by atoms with van der Waals surface area (Å²) in [6.07, 6.45) is 8.76. The van der Waals surface area contributed by atoms with E-state index in [2.05, 4.69) is 23.5 Å². The minimum atomic E-state index is 0.00825. The molecule has 3 N–H and O–H groups in total. The van der Waals surface area contributed by atoms with Gasteiger partial charge in [-0.1, -0.05) is 73.3 Å². The molecule has 5 nitrogen and oxygen atoms in total. The third-order valence-corrected chi connectivity index (χ3v) is 4.88. The standard InChI is InChI=1S/C25H28N4O.C3H6/c1-3-23-17-28-24(22-8-5-4-6-9-22)18-29(23)19(2)21-12-10-20(11-13-21)16-25(30)27-15-7-14-26;1-3-2/h3-6,8-13,17-18H,2,7,14-16,26H2,1H3,(H,27,30);3H,1H2,2H3/b23-3-;. The summed E-state index contributed by atoms with van der Waals surface area (Å²) in [4.78, 5) is 18.6. The maximum absolute atomic E-state index is 12.0. The van der Waals surface area contributed by atoms with Crippen LogP contribution >= 0.6 is 0 Å². The van der Waals surface area contributed by atoms with Crippen LogP contribution in [0.1, 0.15) is 37.0 Å². The van der Waals surface area contributed by atoms with Crippen LogP contribution in [-0.4, -0.2) is 30.1 Å². The summed E-state index contributed by atoms with van der Waals surface area (Å²) in [6.45, 7) is 12.7. The van der Waals surface area contributed by atoms with Gasteiger partial charge < -0.3 is 16.0 Å². The number of nitrogens with two attached hydrogens (primary N) is 1. The summed E-state index contributed by atoms with van der Waals surface area (Å²) in [5.74, 6) is 0.00825. The second-order valence-electron chi connectivity index (χ2n) is 7.44. The van der Waals surface area contributed by atoms with Gasteiger partial charge in [-0.05, 0) is 37.9 Å². The molecule has 2 aromatic carbocycles. The zero-order chi connectivity index (χ0) is 24.1. The van der Waals surface area contributed by atoms with E-state index in [1.165, 1.54) is 0 Å². The van der Waals surface area contributed by atoms with Gasteiger partial charge in [-0.25, -0.2) is 0 Å². The van der Waals surface area contributed by atoms with Crippen molar-refractivity contribution in [3.63, 3.8) is 0 Å². The predicted molar refractivity (Wildman–Crippen MR) is 140 cm³/mol. The molecule has 5 heteroatoms. The lowest BCUT2D eigenvalue weighted by molar-refractivity contribution is -0.120. The fraction of sp³-hybridized carbons (Fsp3) is 0.214. The topological polar surface area (TPSA) is 70.7 Å². The van der Waals surface area contributed by atoms with Gasteiger partial charge in [0.1, 0.15) is 0 Å². The fourth-order valence-electron chi connectivity index (χ4n) is 3.17. The van der Waals surface area contributed by atoms with Gasteiger partial charge in [-0.2, -0.15) is 0 Å². The van der Waals surface area contributed by atoms with Crippen molar-refractivity contribution in [3.8, 4) is 0 Å². The SMILES string of the molecule is C=C(c1ccc(CC(=O)NCCCN)cc1)N1C=C(c2ccccc2)N=C/C1=C/C.C=CC. The molecule has 172 valence electrons. The van der Waals surface area contributed by atoms with Gasteiger partial charge in [0.2, 0.25) is 5.91 Å². The molecule has 1 amide bonds. The highest BCUT2D eigenvalue weighted by molar-refractivity contribution is 5.90. The first-order chi connectivity index (χ1) is 16.0. The first-order valence-corrected chi connectivity index (χ1v) is 11.1. The highest BCUT2D eigenvalue weighted by atomic mass is 16.1. The van der Waals surface area contributed by atoms with Crippen LogP contribution in [-0.2, 0) is 11.2 Å². The molecule has 0 atom stereocenters. The smallest absolute Gasteiger partial charge is 0.224 e. The monoisotopic (exact) mass is 442 g/mol. The molecule has 0 bridgehead atoms. The van der Waals surface area contributed by atoms with E-state index in [0.29, 0.717) is 19.5 Å². The quantitative estimate of drug-likeness (QED) is 0.439. The van der Waals surface area contributed by atoms with E-state index in [0.717, 1.165) is 40.2 Å². The number of carbonyl (C=O) groups excluding carboxylic acids is 1. The zero-order valence-corrected chi connectivity index (χ0v) is 19.6. The third kappa shape index (κ3) is 7.74. The Bertz CT molecular complexity index is 1020. The summed E-state index contributed by atoms with van der Waals surface area (Å²) >= 11 is 0. The molecule has 1 aliphatic rings. The van der Waals surface area contributed by atoms with Gasteiger partial charge >= 0.3 is 0 Å². The average Bonchev–Trinajstić information content (AvgIpc) is 2.85. The molecule has 0 radical (unpaired) electrons. The number of allylic oxidation sites excluding steroid dienone is 3. The van der Waals surface area contributed by atoms with Crippen molar-refractivity contribution in [2.45, 2.75) is 26.7 Å². The lowest BCUT2D eigenvalue weighted by Crippen LogP contribution is -2.27. The number of rotatable bonds is 8. The van der Waals surface area contributed by atoms with Crippen molar-refractivity contribution in [2.75, 3.05) is 13.1 Å². The lowest BCUT2D eigenvalue weighted by atomic mass is 10.1. The molecule has 1 heterocycles. The number of hydrogen-bond donors (Lipinski definition) is 2. The number of aliphatic imine (C=N–C) groups is 1. The molecular formula is C28H34N4O. The van der Waals surface area contributed by atoms with E-state index >= 15 is 0 Å². The van der Waals surface area contributed by atoms with Crippen molar-refractivity contribution in [3.05, 3.63) is 108 Å². The summed E-state index contributed by atoms with van der Waals surface area (Å²) in [5.41, 5.74) is 11.1. The van der Waals surface area contributed by atoms with Crippen molar-refractivity contribution >= 4 is 23.5 Å². The second kappa shape index (κ2) is 13.7. The molecule has 33 heavy (non-hydrogen) atoms. The predicted octanol–water partition coefficient (Wildman–Crippen LogP) is 5.15. The van der Waals surface area contributed by atoms with Gasteiger partial charge in [0.15, 0.2) is 0 Å². The molecule has 0 aromatic heterocycles. The Labute approximate surface area is 197 Å². The van der Waals surface area contributed by atoms with Crippen molar-refractivity contribution in [1.29, 1.82) is 0 Å². The van der Waals surface area contributed by atoms with E-state index in [-0.39, 0.29) is 5.91 Å². The first kappa shape index (κ1) is 25.6. The van der Waals surface area contributed by atoms with E-state index in [9.17, 15) is 4.79 Å². The Balaban J connectivity index is 0.00000122. The minimum absolute atomic E-state index is 0.00825. The Kier molecular flexibility index (Phi) is 10.6. The molecular weight excluding hydrogens is 408 g/mol. The Morgan fingerprint density at radius 2 is 1.79 bits per heavy atom. The third-order valence-electron chi connectivity index (χ3n) is 4.88. The van der Waals surface area contributed by atoms with Gasteiger partial charge in [0.05, 0.1) is 24.0 Å². The molecule has 3 rings (SSSR count). The molecule has 1 aliphatic heterocycles. The molecule has 2 aromatic rings. The van der Waals surface area contributed by atoms with Crippen LogP contribution in [0.15, 0.2) is 96.8 Å². The molecule has 0 saturated carbocycles. The van der Waals surface area contributed by atoms with E-state index in [1.54, 1.807) is 6.08 Å². The number of carbonyl (C=O) groups is 1. The van der Waals surface area contributed by atoms with Crippen molar-refractivity contribution < 1.29 is 4.79 Å². The largest absolute Gasteiger partial charge is 0.356 e. The van der Waals surface area contributed by atoms with E-state index < -0.39 is 0 Å². The highest BCUT2D eigenvalue weighted by Crippen LogP contribution is 2.29. The normalized spacial score (nSPS) is 13.6. The fourth-order valence-corrected chi connectivity index (χ4v) is 3.17. The molecule has 0 aliphatic carbocycles. The number of amides is 1. The Hall–Kier alpha value is -3.70. The second-order valence-corrected chi connectivity index (χ2v) is 7.44. The Morgan fingerprint density at radius 3 is 2.39 bits per heavy atom. The van der Waals surface area contributed by atoms with Gasteiger partial charge in [0.25, 0.3) is 0 Å². The summed E-state index contributed by atoms with van der Waals surface area (Å²) < 4.78 is 0. The highest BCUT2D eigenvalue weighted by Gasteiger charge is 2.16. The summed E-state index contributed by atoms with van der Waals surface area (Å²) in [5, 5.41) is 2.88. The molecule has 0 spiro atoms. The van der Waals surface area contributed by atoms with Gasteiger partial charge in [0, 0.05) is 24.0 Å². The number of hydrogen-bond acceptors (Lipinski definition) is 4. The number of nitrogens with one attached hydrogen (secondary N) is 1. The van der Waals surface area contributed by atoms with Crippen LogP contribution in [0.3, 0.4) is 0 Å². The maximum atomic E-state index is 12.0. The van der Waals surface area contributed by atoms with Gasteiger partial charge in [-0.15, -0.1) is 6.58 Å². The van der Waals surface area contributed by atoms with E-state index in [4.69, 9.17) is 5.73 Å². The van der Waals surface area contributed by atoms with Crippen molar-refractivity contribution in [2.24, 2.45) is 10.7 Å². The Morgan fingerprint density at radius 1 is 1.12 bits per heavy atom. The van der Waals surface area contributed by atoms with Crippen LogP contribution < -0.4 is 11.1 Å². The number of nitrogens with zero attached hydrogens (tertiary/aromatic N) is 2. The van der Waals surface area contributed by atoms with E-state index in [1.807, 2.05) is 91.8 Å². The molecule has 0 unspecified atom stereocenters. The maximum Gasteiger partial charge on any atom is 0.224 e. The first-order valence-electron chi connectivity index (χ1n) is 11.1. The van der Waals surface area contributed by atoms with Crippen LogP contribution in [0.4, 0.5) is 0 Å².